The van der Waals surface area contributed by atoms with Gasteiger partial charge in [-0.25, -0.2) is 15.0 Å². The minimum Gasteiger partial charge on any atom is -0.389 e. The lowest BCUT2D eigenvalue weighted by Gasteiger charge is -2.37. The smallest absolute Gasteiger partial charge is 0.160 e. The molecule has 0 amide bonds. The molecule has 9 nitrogen and oxygen atoms in total. The second-order valence-electron chi connectivity index (χ2n) is 9.42. The Morgan fingerprint density at radius 3 is 2.73 bits per heavy atom. The predicted octanol–water partition coefficient (Wildman–Crippen LogP) is 2.47. The Hall–Kier alpha value is -3.04. The van der Waals surface area contributed by atoms with Crippen LogP contribution in [0.25, 0.3) is 23.1 Å². The number of aliphatic hydroxyl groups excluding tert-OH is 1. The molecule has 1 atom stereocenters. The summed E-state index contributed by atoms with van der Waals surface area (Å²) < 4.78 is 7.39. The van der Waals surface area contributed by atoms with Gasteiger partial charge in [-0.2, -0.15) is 9.61 Å². The maximum absolute atomic E-state index is 9.79. The van der Waals surface area contributed by atoms with E-state index in [1.807, 2.05) is 23.6 Å². The Labute approximate surface area is 192 Å². The van der Waals surface area contributed by atoms with E-state index < -0.39 is 0 Å². The minimum atomic E-state index is -0.291. The lowest BCUT2D eigenvalue weighted by molar-refractivity contribution is 0.0903. The maximum atomic E-state index is 9.79. The van der Waals surface area contributed by atoms with Crippen LogP contribution in [-0.2, 0) is 11.2 Å². The Bertz CT molecular complexity index is 1230. The molecule has 0 radical (unpaired) electrons. The third-order valence-corrected chi connectivity index (χ3v) is 6.69. The first kappa shape index (κ1) is 20.6. The Kier molecular flexibility index (Phi) is 5.03. The highest BCUT2D eigenvalue weighted by molar-refractivity contribution is 5.68. The largest absolute Gasteiger partial charge is 0.389 e. The average molecular weight is 448 g/mol. The van der Waals surface area contributed by atoms with E-state index in [0.29, 0.717) is 25.0 Å². The summed E-state index contributed by atoms with van der Waals surface area (Å²) in [5.74, 6) is 2.20. The van der Waals surface area contributed by atoms with Crippen molar-refractivity contribution in [2.45, 2.75) is 45.3 Å². The number of hydrogen-bond donors (Lipinski definition) is 2. The van der Waals surface area contributed by atoms with E-state index in [0.717, 1.165) is 78.2 Å². The van der Waals surface area contributed by atoms with Crippen molar-refractivity contribution in [1.82, 2.24) is 24.6 Å². The zero-order valence-corrected chi connectivity index (χ0v) is 19.0. The Morgan fingerprint density at radius 2 is 1.94 bits per heavy atom. The molecule has 1 aliphatic carbocycles. The van der Waals surface area contributed by atoms with Crippen LogP contribution >= 0.6 is 0 Å². The van der Waals surface area contributed by atoms with Crippen LogP contribution in [0.4, 0.5) is 11.6 Å². The molecule has 0 bridgehead atoms. The third-order valence-electron chi connectivity index (χ3n) is 6.69. The van der Waals surface area contributed by atoms with Crippen molar-refractivity contribution in [2.24, 2.45) is 5.92 Å². The summed E-state index contributed by atoms with van der Waals surface area (Å²) in [6, 6.07) is 4.34. The van der Waals surface area contributed by atoms with E-state index in [-0.39, 0.29) is 6.10 Å². The number of anilines is 2. The van der Waals surface area contributed by atoms with Crippen molar-refractivity contribution in [3.05, 3.63) is 35.3 Å². The standard InChI is InChI=1S/C24H29N7O2/c1-14-3-4-18-19(9-14)27-24(15(2)25-18)20-10-22-28-21(30-12-17(32)13-30)11-23(31(22)29-20)26-16-5-7-33-8-6-16/h3-4,10-11,14,16-17,26,32H,5-9,12-13H2,1-2H3. The zero-order valence-electron chi connectivity index (χ0n) is 19.0. The number of aliphatic hydroxyl groups is 1. The molecule has 3 aromatic rings. The summed E-state index contributed by atoms with van der Waals surface area (Å²) in [5, 5.41) is 18.4. The first-order chi connectivity index (χ1) is 16.0. The number of β-amino-alcohol motifs (C(OH)–C–C–N with tert-alkyl or cyclic N) is 1. The fourth-order valence-corrected chi connectivity index (χ4v) is 4.76. The number of aryl methyl sites for hydroxylation is 1. The second kappa shape index (κ2) is 8.07. The van der Waals surface area contributed by atoms with Gasteiger partial charge in [0.2, 0.25) is 0 Å². The second-order valence-corrected chi connectivity index (χ2v) is 9.42. The highest BCUT2D eigenvalue weighted by Gasteiger charge is 2.27. The third kappa shape index (κ3) is 3.85. The number of nitrogens with zero attached hydrogens (tertiary/aromatic N) is 6. The molecule has 0 spiro atoms. The SMILES string of the molecule is Cc1nc2c(nc1-c1cc3nc(N4CC(O)C4)cc(NC4CCOCC4)n3n1)CC(C)C=C2. The molecule has 5 heterocycles. The molecular formula is C24H29N7O2. The number of rotatable bonds is 4. The number of ether oxygens (including phenoxy) is 1. The summed E-state index contributed by atoms with van der Waals surface area (Å²) in [4.78, 5) is 16.7. The molecule has 3 aliphatic rings. The van der Waals surface area contributed by atoms with Crippen LogP contribution in [0.5, 0.6) is 0 Å². The fraction of sp³-hybridized carbons (Fsp3) is 0.500. The van der Waals surface area contributed by atoms with Gasteiger partial charge in [0.25, 0.3) is 0 Å². The number of fused-ring (bicyclic) bond motifs is 2. The zero-order chi connectivity index (χ0) is 22.5. The van der Waals surface area contributed by atoms with Gasteiger partial charge in [-0.3, -0.25) is 0 Å². The number of nitrogens with one attached hydrogen (secondary N) is 1. The predicted molar refractivity (Wildman–Crippen MR) is 126 cm³/mol. The van der Waals surface area contributed by atoms with Gasteiger partial charge in [0, 0.05) is 44.5 Å². The van der Waals surface area contributed by atoms with Crippen molar-refractivity contribution in [1.29, 1.82) is 0 Å². The summed E-state index contributed by atoms with van der Waals surface area (Å²) in [7, 11) is 0. The van der Waals surface area contributed by atoms with Gasteiger partial charge in [-0.1, -0.05) is 13.0 Å². The first-order valence-corrected chi connectivity index (χ1v) is 11.8. The normalized spacial score (nSPS) is 21.3. The van der Waals surface area contributed by atoms with Crippen LogP contribution in [0.1, 0.15) is 36.8 Å². The summed E-state index contributed by atoms with van der Waals surface area (Å²) in [5.41, 5.74) is 5.17. The summed E-state index contributed by atoms with van der Waals surface area (Å²) in [6.07, 6.45) is 6.76. The van der Waals surface area contributed by atoms with E-state index in [1.165, 1.54) is 0 Å². The average Bonchev–Trinajstić information content (AvgIpc) is 3.22. The van der Waals surface area contributed by atoms with Gasteiger partial charge in [-0.15, -0.1) is 0 Å². The molecule has 33 heavy (non-hydrogen) atoms. The molecule has 2 N–H and O–H groups in total. The summed E-state index contributed by atoms with van der Waals surface area (Å²) >= 11 is 0. The van der Waals surface area contributed by atoms with Gasteiger partial charge < -0.3 is 20.1 Å². The monoisotopic (exact) mass is 447 g/mol. The van der Waals surface area contributed by atoms with Crippen LogP contribution in [-0.4, -0.2) is 68.1 Å². The van der Waals surface area contributed by atoms with Crippen LogP contribution in [0.3, 0.4) is 0 Å². The van der Waals surface area contributed by atoms with Crippen LogP contribution in [0.15, 0.2) is 18.2 Å². The van der Waals surface area contributed by atoms with Crippen molar-refractivity contribution >= 4 is 23.4 Å². The van der Waals surface area contributed by atoms with Crippen molar-refractivity contribution in [3.63, 3.8) is 0 Å². The number of aromatic nitrogens is 5. The van der Waals surface area contributed by atoms with Crippen LogP contribution in [0.2, 0.25) is 0 Å². The van der Waals surface area contributed by atoms with Gasteiger partial charge in [0.1, 0.15) is 23.0 Å². The highest BCUT2D eigenvalue weighted by atomic mass is 16.5. The molecule has 0 saturated carbocycles. The lowest BCUT2D eigenvalue weighted by atomic mass is 9.97. The van der Waals surface area contributed by atoms with E-state index in [9.17, 15) is 5.11 Å². The quantitative estimate of drug-likeness (QED) is 0.629. The molecule has 172 valence electrons. The molecule has 6 rings (SSSR count). The minimum absolute atomic E-state index is 0.291. The molecule has 9 heteroatoms. The maximum Gasteiger partial charge on any atom is 0.160 e. The van der Waals surface area contributed by atoms with Crippen molar-refractivity contribution in [2.75, 3.05) is 36.5 Å². The van der Waals surface area contributed by atoms with Gasteiger partial charge >= 0.3 is 0 Å². The van der Waals surface area contributed by atoms with E-state index in [2.05, 4.69) is 29.3 Å². The van der Waals surface area contributed by atoms with Crippen LogP contribution < -0.4 is 10.2 Å². The van der Waals surface area contributed by atoms with Gasteiger partial charge in [0.05, 0.1) is 23.2 Å². The van der Waals surface area contributed by atoms with E-state index in [1.54, 1.807) is 0 Å². The molecule has 2 saturated heterocycles. The van der Waals surface area contributed by atoms with E-state index >= 15 is 0 Å². The Morgan fingerprint density at radius 1 is 1.12 bits per heavy atom. The van der Waals surface area contributed by atoms with Crippen molar-refractivity contribution in [3.8, 4) is 11.4 Å². The number of allylic oxidation sites excluding steroid dienone is 1. The topological polar surface area (TPSA) is 101 Å². The first-order valence-electron chi connectivity index (χ1n) is 11.8. The van der Waals surface area contributed by atoms with E-state index in [4.69, 9.17) is 24.8 Å². The Balaban J connectivity index is 1.42. The highest BCUT2D eigenvalue weighted by Crippen LogP contribution is 2.30. The van der Waals surface area contributed by atoms with Gasteiger partial charge in [-0.05, 0) is 38.2 Å². The molecule has 1 unspecified atom stereocenters. The fourth-order valence-electron chi connectivity index (χ4n) is 4.76. The molecule has 2 aliphatic heterocycles. The lowest BCUT2D eigenvalue weighted by Crippen LogP contribution is -2.51. The molecule has 0 aromatic carbocycles. The summed E-state index contributed by atoms with van der Waals surface area (Å²) in [6.45, 7) is 6.90. The van der Waals surface area contributed by atoms with Crippen molar-refractivity contribution < 1.29 is 9.84 Å². The van der Waals surface area contributed by atoms with Gasteiger partial charge in [0.15, 0.2) is 5.65 Å². The van der Waals surface area contributed by atoms with Crippen LogP contribution in [0, 0.1) is 12.8 Å². The molecular weight excluding hydrogens is 418 g/mol. The molecule has 2 fully saturated rings. The molecule has 3 aromatic heterocycles. The number of hydrogen-bond acceptors (Lipinski definition) is 8.